The number of carbonyl (C=O) groups excluding carboxylic acids is 2. The van der Waals surface area contributed by atoms with Crippen molar-refractivity contribution in [1.29, 1.82) is 0 Å². The van der Waals surface area contributed by atoms with E-state index in [2.05, 4.69) is 53.8 Å². The molecule has 7 fully saturated rings. The van der Waals surface area contributed by atoms with Gasteiger partial charge in [-0.3, -0.25) is 14.9 Å². The van der Waals surface area contributed by atoms with Gasteiger partial charge in [0.2, 0.25) is 0 Å². The maximum Gasteiger partial charge on any atom is 0.311 e. The van der Waals surface area contributed by atoms with E-state index in [1.165, 1.54) is 0 Å². The topological polar surface area (TPSA) is 337 Å². The van der Waals surface area contributed by atoms with E-state index in [0.29, 0.717) is 38.9 Å². The number of aliphatic hydroxyl groups is 5. The molecule has 0 amide bonds. The van der Waals surface area contributed by atoms with Crippen molar-refractivity contribution < 1.29 is 116 Å². The van der Waals surface area contributed by atoms with Crippen LogP contribution in [0.2, 0.25) is 0 Å². The van der Waals surface area contributed by atoms with Crippen LogP contribution in [0.1, 0.15) is 191 Å². The summed E-state index contributed by atoms with van der Waals surface area (Å²) in [5.74, 6) is -3.95. The normalized spacial score (nSPS) is 47.4. The lowest BCUT2D eigenvalue weighted by Gasteiger charge is -2.52. The Kier molecular flexibility index (Phi) is 35.5. The molecule has 0 spiro atoms. The van der Waals surface area contributed by atoms with Crippen LogP contribution in [0.3, 0.4) is 0 Å². The monoisotopic (exact) mass is 1570 g/mol. The molecule has 0 aromatic heterocycles. The highest BCUT2D eigenvalue weighted by Gasteiger charge is 2.57. The number of rotatable bonds is 20. The fraction of sp³-hybridized carbons (Fsp3) is 0.975. The molecule has 2 bridgehead atoms. The number of ether oxygens (including phenoxy) is 17. The van der Waals surface area contributed by atoms with Crippen LogP contribution in [0.15, 0.2) is 0 Å². The molecule has 7 aliphatic heterocycles. The predicted octanol–water partition coefficient (Wildman–Crippen LogP) is 7.03. The minimum absolute atomic E-state index is 0.0180. The van der Waals surface area contributed by atoms with E-state index < -0.39 is 174 Å². The molecule has 8 N–H and O–H groups in total. The Hall–Kier alpha value is -2.02. The van der Waals surface area contributed by atoms with E-state index in [1.54, 1.807) is 63.1 Å². The maximum absolute atomic E-state index is 14.4. The Bertz CT molecular complexity index is 2740. The zero-order chi connectivity index (χ0) is 82.2. The first-order chi connectivity index (χ1) is 50.6. The Balaban J connectivity index is 0.000000345. The molecular weight excluding hydrogens is 1410 g/mol. The third kappa shape index (κ3) is 23.3. The van der Waals surface area contributed by atoms with E-state index in [9.17, 15) is 35.1 Å². The first kappa shape index (κ1) is 95.8. The second-order valence-corrected chi connectivity index (χ2v) is 36.4. The summed E-state index contributed by atoms with van der Waals surface area (Å²) in [7, 11) is 14.2. The van der Waals surface area contributed by atoms with Crippen molar-refractivity contribution in [3.8, 4) is 0 Å². The molecule has 37 atom stereocenters. The molecule has 7 rings (SSSR count). The molecule has 7 heterocycles. The van der Waals surface area contributed by atoms with Crippen molar-refractivity contribution in [1.82, 2.24) is 15.1 Å². The van der Waals surface area contributed by atoms with Crippen molar-refractivity contribution in [2.75, 3.05) is 83.2 Å². The molecule has 0 saturated carbocycles. The number of nitrogens with one attached hydrogen (secondary N) is 1. The van der Waals surface area contributed by atoms with Gasteiger partial charge in [0.05, 0.1) is 104 Å². The number of nitrogens with zero attached hydrogens (tertiary/aromatic N) is 2. The van der Waals surface area contributed by atoms with E-state index in [4.69, 9.17) is 86.3 Å². The summed E-state index contributed by atoms with van der Waals surface area (Å²) >= 11 is 0. The van der Waals surface area contributed by atoms with Crippen LogP contribution in [-0.2, 0) is 90.1 Å². The summed E-state index contributed by atoms with van der Waals surface area (Å²) in [5, 5.41) is 61.3. The second-order valence-electron chi connectivity index (χ2n) is 36.4. The van der Waals surface area contributed by atoms with Crippen molar-refractivity contribution >= 4 is 11.9 Å². The van der Waals surface area contributed by atoms with Gasteiger partial charge in [0.1, 0.15) is 55.2 Å². The van der Waals surface area contributed by atoms with Crippen molar-refractivity contribution in [2.24, 2.45) is 69.8 Å². The molecule has 640 valence electrons. The van der Waals surface area contributed by atoms with Gasteiger partial charge in [0, 0.05) is 89.1 Å². The van der Waals surface area contributed by atoms with Gasteiger partial charge in [-0.2, -0.15) is 0 Å². The molecule has 28 heteroatoms. The van der Waals surface area contributed by atoms with Gasteiger partial charge in [-0.25, -0.2) is 0 Å². The van der Waals surface area contributed by atoms with Crippen LogP contribution in [0.4, 0.5) is 0 Å². The summed E-state index contributed by atoms with van der Waals surface area (Å²) in [6.45, 7) is 44.1. The highest BCUT2D eigenvalue weighted by Crippen LogP contribution is 2.48. The highest BCUT2D eigenvalue weighted by molar-refractivity contribution is 5.73. The van der Waals surface area contributed by atoms with Crippen LogP contribution in [0, 0.1) is 64.1 Å². The third-order valence-corrected chi connectivity index (χ3v) is 26.2. The minimum Gasteiger partial charge on any atom is -0.462 e. The molecule has 109 heavy (non-hydrogen) atoms. The number of nitrogens with two attached hydrogens (primary N) is 1. The lowest BCUT2D eigenvalue weighted by atomic mass is 9.68. The van der Waals surface area contributed by atoms with E-state index in [0.717, 1.165) is 0 Å². The lowest BCUT2D eigenvalue weighted by molar-refractivity contribution is -0.314. The number of cyclic esters (lactones) is 2. The largest absolute Gasteiger partial charge is 0.462 e. The number of fused-ring (bicyclic) bond motifs is 2. The van der Waals surface area contributed by atoms with Gasteiger partial charge in [-0.15, -0.1) is 0 Å². The maximum atomic E-state index is 14.4. The molecule has 0 aromatic rings. The fourth-order valence-corrected chi connectivity index (χ4v) is 19.1. The summed E-state index contributed by atoms with van der Waals surface area (Å²) in [5.41, 5.74) is 2.19. The van der Waals surface area contributed by atoms with Gasteiger partial charge in [-0.1, -0.05) is 76.2 Å². The second kappa shape index (κ2) is 40.4. The fourth-order valence-electron chi connectivity index (χ4n) is 19.1. The van der Waals surface area contributed by atoms with Gasteiger partial charge in [-0.05, 0) is 159 Å². The van der Waals surface area contributed by atoms with Crippen LogP contribution in [0.25, 0.3) is 0 Å². The molecule has 0 aromatic carbocycles. The van der Waals surface area contributed by atoms with Crippen LogP contribution >= 0.6 is 0 Å². The van der Waals surface area contributed by atoms with Gasteiger partial charge in [0.25, 0.3) is 0 Å². The Labute approximate surface area is 654 Å². The first-order valence-electron chi connectivity index (χ1n) is 40.4. The van der Waals surface area contributed by atoms with E-state index in [1.807, 2.05) is 107 Å². The number of methoxy groups -OCH3 is 4. The average molecular weight is 1570 g/mol. The van der Waals surface area contributed by atoms with Crippen LogP contribution in [0.5, 0.6) is 0 Å². The smallest absolute Gasteiger partial charge is 0.311 e. The predicted molar refractivity (Wildman–Crippen MR) is 409 cm³/mol. The Morgan fingerprint density at radius 3 is 1.38 bits per heavy atom. The van der Waals surface area contributed by atoms with E-state index >= 15 is 0 Å². The van der Waals surface area contributed by atoms with Crippen LogP contribution < -0.4 is 11.1 Å². The van der Waals surface area contributed by atoms with Gasteiger partial charge >= 0.3 is 11.9 Å². The average Bonchev–Trinajstić information content (AvgIpc) is 0.769. The zero-order valence-electron chi connectivity index (χ0n) is 72.2. The zero-order valence-corrected chi connectivity index (χ0v) is 72.2. The molecular formula is C81H152N4O24. The minimum atomic E-state index is -1.61. The van der Waals surface area contributed by atoms with E-state index in [-0.39, 0.29) is 98.3 Å². The molecule has 7 saturated heterocycles. The summed E-state index contributed by atoms with van der Waals surface area (Å²) < 4.78 is 106. The van der Waals surface area contributed by atoms with Crippen molar-refractivity contribution in [3.63, 3.8) is 0 Å². The number of carbonyl (C=O) groups is 2. The molecule has 0 radical (unpaired) electrons. The number of hydrogen-bond acceptors (Lipinski definition) is 28. The van der Waals surface area contributed by atoms with Crippen LogP contribution in [-0.4, -0.2) is 301 Å². The number of aliphatic hydroxyl groups excluding tert-OH is 4. The first-order valence-corrected chi connectivity index (χ1v) is 40.4. The molecule has 20 unspecified atom stereocenters. The lowest BCUT2D eigenvalue weighted by Crippen LogP contribution is -2.66. The summed E-state index contributed by atoms with van der Waals surface area (Å²) in [6, 6.07) is -0.853. The molecule has 0 aliphatic carbocycles. The van der Waals surface area contributed by atoms with Crippen molar-refractivity contribution in [3.05, 3.63) is 0 Å². The number of hydrogen-bond donors (Lipinski definition) is 7. The van der Waals surface area contributed by atoms with Crippen molar-refractivity contribution in [2.45, 2.75) is 361 Å². The highest BCUT2D eigenvalue weighted by atomic mass is 16.7. The molecule has 28 nitrogen and oxygen atoms in total. The molecule has 7 aliphatic rings. The Morgan fingerprint density at radius 1 is 0.514 bits per heavy atom. The van der Waals surface area contributed by atoms with Gasteiger partial charge < -0.3 is 122 Å². The summed E-state index contributed by atoms with van der Waals surface area (Å²) in [4.78, 5) is 32.5. The number of likely N-dealkylation sites (N-methyl/N-ethyl adjacent to an activating group) is 2. The SMILES string of the molecule is COC1[C@H](C)C(N)[C@@H](C)[C@@H](C)OC(=O)[C@H](C)[C@@H](OC2CC(C)(OC)C(O)C(C)O2)[C@H](C)[C@@H](OC2OC(C)CC(N(C)C)C2O)C(C)(C)C[C@H]1C.COCCOCOCC1NC2[C@H](C)CC(C)(C)[C@H](OC3OC(C)CC(N(C)C)C3O)[C@@H](C)[C@H](OC3CC(C)(OC)C(O)C(C)O3)[C@@H](C)C(=O)O[C@H](C)[C@@](C)(O)[C@H](O1)[C@H]2C. The quantitative estimate of drug-likeness (QED) is 0.0365. The Morgan fingerprint density at radius 2 is 0.954 bits per heavy atom. The standard InChI is InChI=1S/C43H80N2O14.C38H72N2O10/c1-23-19-41(8,9)37(59-40-34(46)30(45(12)13)18-24(2)54-40)26(4)35(58-32-20-42(10,51-15)36(47)28(6)55-32)27(5)39(48)56-29(7)43(11,49)38-25(3)33(23)44-31(57-38)21-53-22-52-17-16-50-14;1-19-17-37(9,10)34(50-36-30(41)27(40(12)13)16-20(2)46-36)23(5)32(49-28-18-38(11,45-15)33(42)26(8)47-28)24(6)35(43)48-25(7)21(3)29(39)22(4)31(19)44-14/h23-38,40,44,46-47,49H,16-22H2,1-15H3;19-34,36,41-42H,16-18,39H2,1-15H3/t23-,24?,25+,26+,27-,28?,29-,30?,31?,32?,33?,34?,35+,36?,37-,38-,40?,42?,43-;19-,20?,21+,22-,23+,24-,25-,26?,27?,28?,29?,30?,31?,32+,33?,34-,36?,38?/m11/s1. The summed E-state index contributed by atoms with van der Waals surface area (Å²) in [6.07, 6.45) is -11.5. The number of esters is 2. The third-order valence-electron chi connectivity index (χ3n) is 26.2. The van der Waals surface area contributed by atoms with Gasteiger partial charge in [0.15, 0.2) is 25.2 Å².